The van der Waals surface area contributed by atoms with Crippen LogP contribution in [0.3, 0.4) is 0 Å². The minimum Gasteiger partial charge on any atom is -0.481 e. The molecule has 36 heavy (non-hydrogen) atoms. The summed E-state index contributed by atoms with van der Waals surface area (Å²) in [5.41, 5.74) is 0. The van der Waals surface area contributed by atoms with Gasteiger partial charge in [-0.25, -0.2) is 0 Å². The number of carboxylic acids is 1. The SMILES string of the molecule is CC#CCOc1ccc(S(=O)C(CCCCNC(=O)CNC(=O)CCCc2cccs2)C(=O)O)cc1. The van der Waals surface area contributed by atoms with Crippen LogP contribution >= 0.6 is 11.3 Å². The number of ether oxygens (including phenoxy) is 1. The topological polar surface area (TPSA) is 122 Å². The first-order valence-electron chi connectivity index (χ1n) is 11.7. The molecule has 0 radical (unpaired) electrons. The number of benzene rings is 1. The van der Waals surface area contributed by atoms with Crippen molar-refractivity contribution in [1.29, 1.82) is 0 Å². The van der Waals surface area contributed by atoms with Crippen molar-refractivity contribution in [2.24, 2.45) is 0 Å². The average Bonchev–Trinajstić information content (AvgIpc) is 3.38. The molecule has 0 aliphatic heterocycles. The number of hydrogen-bond donors (Lipinski definition) is 3. The van der Waals surface area contributed by atoms with E-state index in [2.05, 4.69) is 22.5 Å². The van der Waals surface area contributed by atoms with Gasteiger partial charge in [0.25, 0.3) is 0 Å². The Kier molecular flexibility index (Phi) is 13.3. The molecular formula is C26H32N2O6S2. The van der Waals surface area contributed by atoms with Crippen molar-refractivity contribution in [3.8, 4) is 17.6 Å². The standard InChI is InChI=1S/C26H32N2O6S2/c1-2-3-17-34-20-12-14-22(15-13-20)36(33)23(26(31)32)10-4-5-16-27-25(30)19-28-24(29)11-6-8-21-9-7-18-35-21/h7,9,12-15,18,23H,4-6,8,10-11,16-17,19H2,1H3,(H,27,30)(H,28,29)(H,31,32). The van der Waals surface area contributed by atoms with Gasteiger partial charge in [0.1, 0.15) is 17.6 Å². The number of carboxylic acid groups (broad SMARTS) is 1. The van der Waals surface area contributed by atoms with E-state index in [0.29, 0.717) is 36.5 Å². The molecule has 1 aromatic heterocycles. The Labute approximate surface area is 218 Å². The number of rotatable bonds is 16. The lowest BCUT2D eigenvalue weighted by Crippen LogP contribution is -2.37. The van der Waals surface area contributed by atoms with Crippen LogP contribution in [0.4, 0.5) is 0 Å². The lowest BCUT2D eigenvalue weighted by atomic mass is 10.2. The molecule has 3 N–H and O–H groups in total. The van der Waals surface area contributed by atoms with E-state index in [1.54, 1.807) is 42.5 Å². The zero-order valence-electron chi connectivity index (χ0n) is 20.3. The van der Waals surface area contributed by atoms with Crippen LogP contribution in [0.5, 0.6) is 5.75 Å². The highest BCUT2D eigenvalue weighted by molar-refractivity contribution is 7.86. The van der Waals surface area contributed by atoms with Crippen LogP contribution in [0.25, 0.3) is 0 Å². The van der Waals surface area contributed by atoms with Gasteiger partial charge in [-0.1, -0.05) is 12.0 Å². The summed E-state index contributed by atoms with van der Waals surface area (Å²) in [5, 5.41) is 15.8. The van der Waals surface area contributed by atoms with Crippen molar-refractivity contribution in [2.45, 2.75) is 55.6 Å². The van der Waals surface area contributed by atoms with Gasteiger partial charge in [-0.2, -0.15) is 0 Å². The minimum atomic E-state index is -1.72. The van der Waals surface area contributed by atoms with Crippen LogP contribution in [0.2, 0.25) is 0 Å². The van der Waals surface area contributed by atoms with Crippen LogP contribution in [0.15, 0.2) is 46.7 Å². The molecule has 0 saturated heterocycles. The number of thiophene rings is 1. The molecule has 10 heteroatoms. The second-order valence-electron chi connectivity index (χ2n) is 7.87. The first kappa shape index (κ1) is 29.1. The van der Waals surface area contributed by atoms with Crippen molar-refractivity contribution < 1.29 is 28.4 Å². The fourth-order valence-electron chi connectivity index (χ4n) is 3.24. The minimum absolute atomic E-state index is 0.0929. The summed E-state index contributed by atoms with van der Waals surface area (Å²) in [6, 6.07) is 10.5. The van der Waals surface area contributed by atoms with Gasteiger partial charge in [-0.15, -0.1) is 17.3 Å². The number of carbonyl (C=O) groups is 3. The van der Waals surface area contributed by atoms with Crippen molar-refractivity contribution >= 4 is 39.9 Å². The Morgan fingerprint density at radius 2 is 1.86 bits per heavy atom. The lowest BCUT2D eigenvalue weighted by molar-refractivity contribution is -0.136. The van der Waals surface area contributed by atoms with Gasteiger partial charge in [-0.3, -0.25) is 18.6 Å². The van der Waals surface area contributed by atoms with Crippen molar-refractivity contribution in [1.82, 2.24) is 10.6 Å². The molecular weight excluding hydrogens is 500 g/mol. The van der Waals surface area contributed by atoms with Gasteiger partial charge >= 0.3 is 5.97 Å². The summed E-state index contributed by atoms with van der Waals surface area (Å²) >= 11 is 1.66. The van der Waals surface area contributed by atoms with Gasteiger partial charge in [-0.05, 0) is 74.7 Å². The van der Waals surface area contributed by atoms with Gasteiger partial charge in [0.2, 0.25) is 11.8 Å². The average molecular weight is 533 g/mol. The van der Waals surface area contributed by atoms with Gasteiger partial charge < -0.3 is 20.5 Å². The molecule has 2 unspecified atom stereocenters. The maximum atomic E-state index is 12.8. The van der Waals surface area contributed by atoms with E-state index in [-0.39, 0.29) is 31.4 Å². The van der Waals surface area contributed by atoms with E-state index in [1.165, 1.54) is 4.88 Å². The fraction of sp³-hybridized carbons (Fsp3) is 0.423. The third-order valence-corrected chi connectivity index (χ3v) is 7.77. The third-order valence-electron chi connectivity index (χ3n) is 5.15. The van der Waals surface area contributed by atoms with Crippen LogP contribution in [0.1, 0.15) is 43.9 Å². The molecule has 2 rings (SSSR count). The second-order valence-corrected chi connectivity index (χ2v) is 10.5. The van der Waals surface area contributed by atoms with Crippen LogP contribution in [-0.4, -0.2) is 52.0 Å². The maximum Gasteiger partial charge on any atom is 0.319 e. The molecule has 0 aliphatic rings. The Bertz CT molecular complexity index is 1060. The third kappa shape index (κ3) is 11.1. The molecule has 0 aliphatic carbocycles. The Balaban J connectivity index is 1.63. The molecule has 2 amide bonds. The smallest absolute Gasteiger partial charge is 0.319 e. The van der Waals surface area contributed by atoms with Crippen molar-refractivity contribution in [2.75, 3.05) is 19.7 Å². The number of nitrogens with one attached hydrogen (secondary N) is 2. The first-order chi connectivity index (χ1) is 17.4. The monoisotopic (exact) mass is 532 g/mol. The molecule has 2 aromatic rings. The van der Waals surface area contributed by atoms with Gasteiger partial charge in [0.05, 0.1) is 17.3 Å². The molecule has 1 aromatic carbocycles. The van der Waals surface area contributed by atoms with Crippen molar-refractivity contribution in [3.05, 3.63) is 46.7 Å². The van der Waals surface area contributed by atoms with Gasteiger partial charge in [0, 0.05) is 22.7 Å². The molecule has 0 spiro atoms. The van der Waals surface area contributed by atoms with E-state index in [4.69, 9.17) is 4.74 Å². The van der Waals surface area contributed by atoms with Crippen molar-refractivity contribution in [3.63, 3.8) is 0 Å². The number of aliphatic carboxylic acids is 1. The van der Waals surface area contributed by atoms with Crippen LogP contribution in [-0.2, 0) is 31.6 Å². The quantitative estimate of drug-likeness (QED) is 0.226. The predicted molar refractivity (Wildman–Crippen MR) is 140 cm³/mol. The highest BCUT2D eigenvalue weighted by Gasteiger charge is 2.25. The lowest BCUT2D eigenvalue weighted by Gasteiger charge is -2.13. The molecule has 1 heterocycles. The van der Waals surface area contributed by atoms with E-state index in [9.17, 15) is 23.7 Å². The highest BCUT2D eigenvalue weighted by atomic mass is 32.2. The molecule has 8 nitrogen and oxygen atoms in total. The molecule has 194 valence electrons. The van der Waals surface area contributed by atoms with E-state index >= 15 is 0 Å². The number of hydrogen-bond acceptors (Lipinski definition) is 6. The van der Waals surface area contributed by atoms with Gasteiger partial charge in [0.15, 0.2) is 0 Å². The zero-order valence-corrected chi connectivity index (χ0v) is 21.9. The molecule has 2 atom stereocenters. The number of unbranched alkanes of at least 4 members (excludes halogenated alkanes) is 1. The van der Waals surface area contributed by atoms with Crippen LogP contribution in [0, 0.1) is 11.8 Å². The normalized spacial score (nSPS) is 12.0. The predicted octanol–water partition coefficient (Wildman–Crippen LogP) is 3.14. The van der Waals surface area contributed by atoms with E-state index in [1.807, 2.05) is 17.5 Å². The number of carbonyl (C=O) groups excluding carboxylic acids is 2. The zero-order chi connectivity index (χ0) is 26.2. The highest BCUT2D eigenvalue weighted by Crippen LogP contribution is 2.20. The summed E-state index contributed by atoms with van der Waals surface area (Å²) < 4.78 is 18.2. The summed E-state index contributed by atoms with van der Waals surface area (Å²) in [6.07, 6.45) is 3.16. The van der Waals surface area contributed by atoms with E-state index < -0.39 is 22.0 Å². The second kappa shape index (κ2) is 16.5. The molecule has 0 saturated carbocycles. The summed E-state index contributed by atoms with van der Waals surface area (Å²) in [5.74, 6) is 4.47. The fourth-order valence-corrected chi connectivity index (χ4v) is 5.29. The van der Waals surface area contributed by atoms with E-state index in [0.717, 1.165) is 12.8 Å². The summed E-state index contributed by atoms with van der Waals surface area (Å²) in [7, 11) is -1.72. The maximum absolute atomic E-state index is 12.8. The molecule has 0 fully saturated rings. The van der Waals surface area contributed by atoms with Crippen LogP contribution < -0.4 is 15.4 Å². The number of amides is 2. The Morgan fingerprint density at radius 3 is 2.53 bits per heavy atom. The Hall–Kier alpha value is -3.16. The summed E-state index contributed by atoms with van der Waals surface area (Å²) in [6.45, 7) is 2.21. The first-order valence-corrected chi connectivity index (χ1v) is 13.8. The molecule has 0 bridgehead atoms. The summed E-state index contributed by atoms with van der Waals surface area (Å²) in [4.78, 5) is 37.1. The largest absolute Gasteiger partial charge is 0.481 e. The Morgan fingerprint density at radius 1 is 1.08 bits per heavy atom. The number of aryl methyl sites for hydroxylation is 1.